The van der Waals surface area contributed by atoms with E-state index >= 15 is 0 Å². The van der Waals surface area contributed by atoms with Gasteiger partial charge in [-0.15, -0.1) is 0 Å². The lowest BCUT2D eigenvalue weighted by Crippen LogP contribution is -2.31. The third-order valence-corrected chi connectivity index (χ3v) is 7.83. The molecule has 0 spiro atoms. The first-order valence-electron chi connectivity index (χ1n) is 14.9. The lowest BCUT2D eigenvalue weighted by Gasteiger charge is -2.34. The first-order chi connectivity index (χ1) is 18.6. The smallest absolute Gasteiger partial charge is 0.338 e. The second kappa shape index (κ2) is 16.2. The fourth-order valence-electron chi connectivity index (χ4n) is 5.27. The average molecular weight is 519 g/mol. The van der Waals surface area contributed by atoms with E-state index in [2.05, 4.69) is 24.9 Å². The topological polar surface area (TPSA) is 72.2 Å². The second-order valence-electron chi connectivity index (χ2n) is 10.9. The van der Waals surface area contributed by atoms with Crippen LogP contribution in [0.5, 0.6) is 5.75 Å². The highest BCUT2D eigenvalue weighted by Gasteiger charge is 2.36. The van der Waals surface area contributed by atoms with E-state index in [9.17, 15) is 10.1 Å². The molecule has 0 radical (unpaired) electrons. The van der Waals surface area contributed by atoms with Gasteiger partial charge < -0.3 is 9.47 Å². The Bertz CT molecular complexity index is 986. The predicted octanol–water partition coefficient (Wildman–Crippen LogP) is 9.07. The monoisotopic (exact) mass is 518 g/mol. The number of benzene rings is 1. The zero-order valence-electron chi connectivity index (χ0n) is 23.6. The number of aromatic nitrogens is 1. The third kappa shape index (κ3) is 9.46. The second-order valence-corrected chi connectivity index (χ2v) is 10.9. The highest BCUT2D eigenvalue weighted by Crippen LogP contribution is 2.41. The Labute approximate surface area is 230 Å². The lowest BCUT2D eigenvalue weighted by atomic mass is 9.71. The van der Waals surface area contributed by atoms with Crippen LogP contribution in [0.4, 0.5) is 0 Å². The molecule has 0 atom stereocenters. The highest BCUT2D eigenvalue weighted by molar-refractivity contribution is 5.90. The van der Waals surface area contributed by atoms with Crippen LogP contribution >= 0.6 is 0 Å². The van der Waals surface area contributed by atoms with Crippen molar-refractivity contribution in [3.63, 3.8) is 0 Å². The maximum absolute atomic E-state index is 12.8. The SMILES string of the molecule is CCCCCCCOc1ccc(-c2ccc(C(=O)OC3CCC(C#N)(CCCCCCC)CC3)cc2)nc1. The van der Waals surface area contributed by atoms with E-state index < -0.39 is 0 Å². The minimum atomic E-state index is -0.291. The fourth-order valence-corrected chi connectivity index (χ4v) is 5.27. The van der Waals surface area contributed by atoms with E-state index in [1.807, 2.05) is 24.3 Å². The minimum absolute atomic E-state index is 0.107. The number of esters is 1. The van der Waals surface area contributed by atoms with E-state index in [0.717, 1.165) is 68.6 Å². The Morgan fingerprint density at radius 1 is 0.921 bits per heavy atom. The average Bonchev–Trinajstić information content (AvgIpc) is 2.96. The van der Waals surface area contributed by atoms with Crippen LogP contribution in [-0.4, -0.2) is 23.7 Å². The van der Waals surface area contributed by atoms with E-state index in [1.165, 1.54) is 51.4 Å². The summed E-state index contributed by atoms with van der Waals surface area (Å²) in [5.74, 6) is 0.495. The van der Waals surface area contributed by atoms with Gasteiger partial charge in [-0.3, -0.25) is 4.98 Å². The third-order valence-electron chi connectivity index (χ3n) is 7.83. The predicted molar refractivity (Wildman–Crippen MR) is 153 cm³/mol. The highest BCUT2D eigenvalue weighted by atomic mass is 16.5. The van der Waals surface area contributed by atoms with Gasteiger partial charge in [-0.2, -0.15) is 5.26 Å². The van der Waals surface area contributed by atoms with Gasteiger partial charge in [-0.05, 0) is 62.8 Å². The molecule has 38 heavy (non-hydrogen) atoms. The summed E-state index contributed by atoms with van der Waals surface area (Å²) >= 11 is 0. The van der Waals surface area contributed by atoms with Gasteiger partial charge in [0.2, 0.25) is 0 Å². The molecular weight excluding hydrogens is 472 g/mol. The molecule has 1 aliphatic rings. The fraction of sp³-hybridized carbons (Fsp3) is 0.606. The molecule has 1 aromatic heterocycles. The van der Waals surface area contributed by atoms with Gasteiger partial charge in [0, 0.05) is 5.56 Å². The van der Waals surface area contributed by atoms with Crippen molar-refractivity contribution < 1.29 is 14.3 Å². The van der Waals surface area contributed by atoms with Crippen LogP contribution in [-0.2, 0) is 4.74 Å². The van der Waals surface area contributed by atoms with Gasteiger partial charge in [0.15, 0.2) is 0 Å². The molecule has 1 aliphatic carbocycles. The van der Waals surface area contributed by atoms with Crippen LogP contribution in [0.3, 0.4) is 0 Å². The number of pyridine rings is 1. The van der Waals surface area contributed by atoms with Gasteiger partial charge in [0.1, 0.15) is 11.9 Å². The molecule has 2 aromatic rings. The van der Waals surface area contributed by atoms with Crippen molar-refractivity contribution in [2.75, 3.05) is 6.61 Å². The number of ether oxygens (including phenoxy) is 2. The number of nitriles is 1. The number of hydrogen-bond donors (Lipinski definition) is 0. The molecule has 0 N–H and O–H groups in total. The number of rotatable bonds is 16. The van der Waals surface area contributed by atoms with Gasteiger partial charge >= 0.3 is 5.97 Å². The normalized spacial score (nSPS) is 19.0. The zero-order chi connectivity index (χ0) is 27.1. The summed E-state index contributed by atoms with van der Waals surface area (Å²) in [5, 5.41) is 9.83. The standard InChI is InChI=1S/C33H46N2O3/c1-3-5-7-9-11-21-33(26-34)22-19-29(20-23-33)38-32(36)28-15-13-27(14-16-28)31-18-17-30(25-35-31)37-24-12-10-8-6-4-2/h13-18,25,29H,3-12,19-24H2,1-2H3. The van der Waals surface area contributed by atoms with Crippen LogP contribution in [0.1, 0.15) is 121 Å². The van der Waals surface area contributed by atoms with E-state index in [0.29, 0.717) is 5.56 Å². The molecule has 1 heterocycles. The van der Waals surface area contributed by atoms with Crippen molar-refractivity contribution in [2.24, 2.45) is 5.41 Å². The zero-order valence-corrected chi connectivity index (χ0v) is 23.6. The quantitative estimate of drug-likeness (QED) is 0.164. The van der Waals surface area contributed by atoms with Crippen molar-refractivity contribution >= 4 is 5.97 Å². The van der Waals surface area contributed by atoms with E-state index in [1.54, 1.807) is 18.3 Å². The van der Waals surface area contributed by atoms with Gasteiger partial charge in [-0.25, -0.2) is 4.79 Å². The van der Waals surface area contributed by atoms with Crippen LogP contribution in [0.2, 0.25) is 0 Å². The van der Waals surface area contributed by atoms with Crippen LogP contribution in [0.25, 0.3) is 11.3 Å². The summed E-state index contributed by atoms with van der Waals surface area (Å²) in [7, 11) is 0. The molecular formula is C33H46N2O3. The molecule has 1 saturated carbocycles. The Morgan fingerprint density at radius 3 is 2.18 bits per heavy atom. The molecule has 5 nitrogen and oxygen atoms in total. The van der Waals surface area contributed by atoms with Crippen molar-refractivity contribution in [3.05, 3.63) is 48.2 Å². The molecule has 0 amide bonds. The summed E-state index contributed by atoms with van der Waals surface area (Å²) in [6.07, 6.45) is 18.0. The summed E-state index contributed by atoms with van der Waals surface area (Å²) in [6, 6.07) is 13.9. The molecule has 0 unspecified atom stereocenters. The van der Waals surface area contributed by atoms with Crippen LogP contribution in [0, 0.1) is 16.7 Å². The maximum atomic E-state index is 12.8. The van der Waals surface area contributed by atoms with Crippen molar-refractivity contribution in [1.29, 1.82) is 5.26 Å². The lowest BCUT2D eigenvalue weighted by molar-refractivity contribution is 0.0105. The minimum Gasteiger partial charge on any atom is -0.492 e. The van der Waals surface area contributed by atoms with Crippen LogP contribution < -0.4 is 4.74 Å². The van der Waals surface area contributed by atoms with Gasteiger partial charge in [-0.1, -0.05) is 83.8 Å². The number of carbonyl (C=O) groups excluding carboxylic acids is 1. The van der Waals surface area contributed by atoms with Crippen molar-refractivity contribution in [1.82, 2.24) is 4.98 Å². The first-order valence-corrected chi connectivity index (χ1v) is 14.9. The summed E-state index contributed by atoms with van der Waals surface area (Å²) < 4.78 is 11.6. The van der Waals surface area contributed by atoms with E-state index in [4.69, 9.17) is 9.47 Å². The molecule has 0 aliphatic heterocycles. The molecule has 0 saturated heterocycles. The molecule has 1 aromatic carbocycles. The number of hydrogen-bond acceptors (Lipinski definition) is 5. The molecule has 5 heteroatoms. The summed E-state index contributed by atoms with van der Waals surface area (Å²) in [6.45, 7) is 5.16. The molecule has 206 valence electrons. The summed E-state index contributed by atoms with van der Waals surface area (Å²) in [4.78, 5) is 17.3. The number of carbonyl (C=O) groups is 1. The Hall–Kier alpha value is -2.87. The van der Waals surface area contributed by atoms with Crippen molar-refractivity contribution in [3.8, 4) is 23.1 Å². The molecule has 1 fully saturated rings. The maximum Gasteiger partial charge on any atom is 0.338 e. The van der Waals surface area contributed by atoms with E-state index in [-0.39, 0.29) is 17.5 Å². The Morgan fingerprint density at radius 2 is 1.58 bits per heavy atom. The Kier molecular flexibility index (Phi) is 12.6. The number of unbranched alkanes of at least 4 members (excludes halogenated alkanes) is 8. The van der Waals surface area contributed by atoms with Gasteiger partial charge in [0.05, 0.1) is 35.5 Å². The molecule has 3 rings (SSSR count). The van der Waals surface area contributed by atoms with Crippen molar-refractivity contribution in [2.45, 2.75) is 116 Å². The Balaban J connectivity index is 1.42. The first kappa shape index (κ1) is 29.7. The van der Waals surface area contributed by atoms with Gasteiger partial charge in [0.25, 0.3) is 0 Å². The summed E-state index contributed by atoms with van der Waals surface area (Å²) in [5.41, 5.74) is 2.10. The number of nitrogens with zero attached hydrogens (tertiary/aromatic N) is 2. The largest absolute Gasteiger partial charge is 0.492 e. The molecule has 0 bridgehead atoms. The van der Waals surface area contributed by atoms with Crippen LogP contribution in [0.15, 0.2) is 42.6 Å².